The molecule has 1 atom stereocenters. The molecule has 0 saturated carbocycles. The van der Waals surface area contributed by atoms with Gasteiger partial charge < -0.3 is 10.5 Å². The van der Waals surface area contributed by atoms with Crippen molar-refractivity contribution in [3.05, 3.63) is 53.3 Å². The predicted molar refractivity (Wildman–Crippen MR) is 78.4 cm³/mol. The summed E-state index contributed by atoms with van der Waals surface area (Å²) in [6.07, 6.45) is 1.68. The van der Waals surface area contributed by atoms with E-state index in [0.29, 0.717) is 6.54 Å². The van der Waals surface area contributed by atoms with Gasteiger partial charge in [0.2, 0.25) is 0 Å². The molecule has 104 valence electrons. The zero-order valence-electron chi connectivity index (χ0n) is 11.5. The van der Waals surface area contributed by atoms with Gasteiger partial charge in [0.05, 0.1) is 0 Å². The zero-order chi connectivity index (χ0) is 14.1. The average molecular weight is 271 g/mol. The molecule has 0 radical (unpaired) electrons. The van der Waals surface area contributed by atoms with Crippen LogP contribution in [0, 0.1) is 12.7 Å². The van der Waals surface area contributed by atoms with Crippen molar-refractivity contribution >= 4 is 0 Å². The first-order valence-electron chi connectivity index (χ1n) is 6.94. The maximum Gasteiger partial charge on any atom is 0.131 e. The Hall–Kier alpha value is -1.87. The van der Waals surface area contributed by atoms with Crippen LogP contribution in [0.3, 0.4) is 0 Å². The summed E-state index contributed by atoms with van der Waals surface area (Å²) in [5.41, 5.74) is 9.60. The van der Waals surface area contributed by atoms with E-state index in [9.17, 15) is 4.39 Å². The Morgan fingerprint density at radius 2 is 2.05 bits per heavy atom. The average Bonchev–Trinajstić information content (AvgIpc) is 2.46. The molecule has 2 aromatic rings. The molecule has 1 aliphatic heterocycles. The van der Waals surface area contributed by atoms with Crippen molar-refractivity contribution < 1.29 is 9.13 Å². The molecule has 0 spiro atoms. The molecule has 0 bridgehead atoms. The fourth-order valence-electron chi connectivity index (χ4n) is 2.76. The minimum absolute atomic E-state index is 0.0238. The molecule has 0 aliphatic carbocycles. The first-order valence-corrected chi connectivity index (χ1v) is 6.94. The fraction of sp³-hybridized carbons (Fsp3) is 0.294. The van der Waals surface area contributed by atoms with Crippen molar-refractivity contribution in [1.82, 2.24) is 0 Å². The second kappa shape index (κ2) is 5.25. The van der Waals surface area contributed by atoms with Crippen molar-refractivity contribution in [2.75, 3.05) is 6.54 Å². The molecular formula is C17H18FNO. The van der Waals surface area contributed by atoms with E-state index in [1.165, 1.54) is 0 Å². The highest BCUT2D eigenvalue weighted by Gasteiger charge is 2.23. The molecule has 2 nitrogen and oxygen atoms in total. The number of benzene rings is 2. The maximum atomic E-state index is 13.9. The van der Waals surface area contributed by atoms with Crippen molar-refractivity contribution in [3.8, 4) is 16.9 Å². The SMILES string of the molecule is Cc1ccccc1-c1cc(F)cc2c1O[C@H](CN)CC2. The minimum Gasteiger partial charge on any atom is -0.488 e. The van der Waals surface area contributed by atoms with Gasteiger partial charge in [0.1, 0.15) is 17.7 Å². The van der Waals surface area contributed by atoms with Gasteiger partial charge in [0.25, 0.3) is 0 Å². The molecular weight excluding hydrogens is 253 g/mol. The van der Waals surface area contributed by atoms with Gasteiger partial charge in [-0.2, -0.15) is 0 Å². The molecule has 3 rings (SSSR count). The van der Waals surface area contributed by atoms with Gasteiger partial charge in [-0.15, -0.1) is 0 Å². The molecule has 0 fully saturated rings. The van der Waals surface area contributed by atoms with E-state index in [0.717, 1.165) is 40.8 Å². The van der Waals surface area contributed by atoms with E-state index in [1.807, 2.05) is 31.2 Å². The van der Waals surface area contributed by atoms with Crippen LogP contribution in [-0.2, 0) is 6.42 Å². The van der Waals surface area contributed by atoms with Crippen LogP contribution in [0.2, 0.25) is 0 Å². The Kier molecular flexibility index (Phi) is 3.45. The lowest BCUT2D eigenvalue weighted by Gasteiger charge is -2.27. The molecule has 20 heavy (non-hydrogen) atoms. The lowest BCUT2D eigenvalue weighted by atomic mass is 9.93. The summed E-state index contributed by atoms with van der Waals surface area (Å²) < 4.78 is 19.9. The second-order valence-corrected chi connectivity index (χ2v) is 5.27. The number of nitrogens with two attached hydrogens (primary N) is 1. The van der Waals surface area contributed by atoms with Gasteiger partial charge in [-0.3, -0.25) is 0 Å². The third-order valence-electron chi connectivity index (χ3n) is 3.85. The third kappa shape index (κ3) is 2.29. The van der Waals surface area contributed by atoms with E-state index in [1.54, 1.807) is 12.1 Å². The first kappa shape index (κ1) is 13.1. The van der Waals surface area contributed by atoms with Crippen LogP contribution in [0.1, 0.15) is 17.5 Å². The van der Waals surface area contributed by atoms with Crippen LogP contribution in [0.15, 0.2) is 36.4 Å². The van der Waals surface area contributed by atoms with Gasteiger partial charge in [-0.05, 0) is 48.6 Å². The molecule has 0 saturated heterocycles. The van der Waals surface area contributed by atoms with Crippen LogP contribution in [0.4, 0.5) is 4.39 Å². The number of ether oxygens (including phenoxy) is 1. The highest BCUT2D eigenvalue weighted by molar-refractivity contribution is 5.75. The summed E-state index contributed by atoms with van der Waals surface area (Å²) in [4.78, 5) is 0. The Bertz CT molecular complexity index is 639. The highest BCUT2D eigenvalue weighted by atomic mass is 19.1. The molecule has 2 N–H and O–H groups in total. The number of fused-ring (bicyclic) bond motifs is 1. The van der Waals surface area contributed by atoms with E-state index >= 15 is 0 Å². The van der Waals surface area contributed by atoms with Crippen molar-refractivity contribution in [2.45, 2.75) is 25.9 Å². The Labute approximate surface area is 118 Å². The van der Waals surface area contributed by atoms with Crippen molar-refractivity contribution in [1.29, 1.82) is 0 Å². The zero-order valence-corrected chi connectivity index (χ0v) is 11.5. The fourth-order valence-corrected chi connectivity index (χ4v) is 2.76. The second-order valence-electron chi connectivity index (χ2n) is 5.27. The van der Waals surface area contributed by atoms with Crippen LogP contribution in [0.5, 0.6) is 5.75 Å². The molecule has 0 unspecified atom stereocenters. The van der Waals surface area contributed by atoms with E-state index in [-0.39, 0.29) is 11.9 Å². The summed E-state index contributed by atoms with van der Waals surface area (Å²) in [6, 6.07) is 11.1. The van der Waals surface area contributed by atoms with E-state index < -0.39 is 0 Å². The molecule has 0 aromatic heterocycles. The number of halogens is 1. The summed E-state index contributed by atoms with van der Waals surface area (Å²) in [6.45, 7) is 2.51. The predicted octanol–water partition coefficient (Wildman–Crippen LogP) is 3.45. The molecule has 1 aliphatic rings. The Balaban J connectivity index is 2.16. The van der Waals surface area contributed by atoms with Gasteiger partial charge in [0, 0.05) is 12.1 Å². The lowest BCUT2D eigenvalue weighted by molar-refractivity contribution is 0.182. The van der Waals surface area contributed by atoms with Crippen LogP contribution >= 0.6 is 0 Å². The van der Waals surface area contributed by atoms with E-state index in [2.05, 4.69) is 0 Å². The number of hydrogen-bond donors (Lipinski definition) is 1. The number of aryl methyl sites for hydroxylation is 2. The van der Waals surface area contributed by atoms with Crippen LogP contribution in [0.25, 0.3) is 11.1 Å². The quantitative estimate of drug-likeness (QED) is 0.908. The number of rotatable bonds is 2. The minimum atomic E-state index is -0.211. The largest absolute Gasteiger partial charge is 0.488 e. The Morgan fingerprint density at radius 1 is 1.25 bits per heavy atom. The molecule has 2 aromatic carbocycles. The van der Waals surface area contributed by atoms with Gasteiger partial charge >= 0.3 is 0 Å². The van der Waals surface area contributed by atoms with Crippen LogP contribution < -0.4 is 10.5 Å². The monoisotopic (exact) mass is 271 g/mol. The van der Waals surface area contributed by atoms with Gasteiger partial charge in [0.15, 0.2) is 0 Å². The highest BCUT2D eigenvalue weighted by Crippen LogP contribution is 2.39. The first-order chi connectivity index (χ1) is 9.69. The lowest BCUT2D eigenvalue weighted by Crippen LogP contribution is -2.30. The molecule has 0 amide bonds. The normalized spacial score (nSPS) is 17.4. The summed E-state index contributed by atoms with van der Waals surface area (Å²) >= 11 is 0. The maximum absolute atomic E-state index is 13.9. The summed E-state index contributed by atoms with van der Waals surface area (Å²) in [5.74, 6) is 0.583. The smallest absolute Gasteiger partial charge is 0.131 e. The topological polar surface area (TPSA) is 35.2 Å². The van der Waals surface area contributed by atoms with Crippen LogP contribution in [-0.4, -0.2) is 12.6 Å². The van der Waals surface area contributed by atoms with Crippen molar-refractivity contribution in [3.63, 3.8) is 0 Å². The van der Waals surface area contributed by atoms with E-state index in [4.69, 9.17) is 10.5 Å². The standard InChI is InChI=1S/C17H18FNO/c1-11-4-2-3-5-15(11)16-9-13(18)8-12-6-7-14(10-19)20-17(12)16/h2-5,8-9,14H,6-7,10,19H2,1H3/t14-/m0/s1. The van der Waals surface area contributed by atoms with Gasteiger partial charge in [-0.25, -0.2) is 4.39 Å². The number of hydrogen-bond acceptors (Lipinski definition) is 2. The summed E-state index contributed by atoms with van der Waals surface area (Å²) in [5, 5.41) is 0. The molecule has 3 heteroatoms. The Morgan fingerprint density at radius 3 is 2.80 bits per heavy atom. The third-order valence-corrected chi connectivity index (χ3v) is 3.85. The van der Waals surface area contributed by atoms with Crippen molar-refractivity contribution in [2.24, 2.45) is 5.73 Å². The molecule has 1 heterocycles. The summed E-state index contributed by atoms with van der Waals surface area (Å²) in [7, 11) is 0. The van der Waals surface area contributed by atoms with Gasteiger partial charge in [-0.1, -0.05) is 24.3 Å².